The zero-order valence-corrected chi connectivity index (χ0v) is 16.7. The van der Waals surface area contributed by atoms with Gasteiger partial charge in [-0.15, -0.1) is 0 Å². The molecule has 0 saturated carbocycles. The van der Waals surface area contributed by atoms with Crippen molar-refractivity contribution in [1.29, 1.82) is 0 Å². The average molecular weight is 370 g/mol. The van der Waals surface area contributed by atoms with Crippen molar-refractivity contribution in [3.8, 4) is 11.5 Å². The minimum Gasteiger partial charge on any atom is -0.494 e. The Morgan fingerprint density at radius 1 is 1.04 bits per heavy atom. The van der Waals surface area contributed by atoms with Crippen LogP contribution in [0.1, 0.15) is 25.0 Å². The second-order valence-corrected chi connectivity index (χ2v) is 6.41. The van der Waals surface area contributed by atoms with Gasteiger partial charge in [0.2, 0.25) is 0 Å². The van der Waals surface area contributed by atoms with Gasteiger partial charge in [0.15, 0.2) is 5.96 Å². The topological polar surface area (TPSA) is 72.1 Å². The van der Waals surface area contributed by atoms with E-state index in [0.717, 1.165) is 23.5 Å². The third-order valence-electron chi connectivity index (χ3n) is 3.75. The first-order valence-electron chi connectivity index (χ1n) is 9.21. The third-order valence-corrected chi connectivity index (χ3v) is 3.75. The normalized spacial score (nSPS) is 11.5. The number of ether oxygens (including phenoxy) is 2. The number of hydrogen-bond donors (Lipinski definition) is 2. The molecule has 0 atom stereocenters. The highest BCUT2D eigenvalue weighted by Crippen LogP contribution is 2.29. The van der Waals surface area contributed by atoms with E-state index >= 15 is 0 Å². The Balaban J connectivity index is 2.09. The van der Waals surface area contributed by atoms with Crippen molar-refractivity contribution in [1.82, 2.24) is 4.90 Å². The number of guanidine groups is 1. The molecule has 6 heteroatoms. The van der Waals surface area contributed by atoms with E-state index in [1.54, 1.807) is 0 Å². The quantitative estimate of drug-likeness (QED) is 0.522. The molecule has 0 unspecified atom stereocenters. The summed E-state index contributed by atoms with van der Waals surface area (Å²) in [6.07, 6.45) is 0. The summed E-state index contributed by atoms with van der Waals surface area (Å²) in [5.74, 6) is 1.81. The number of hydrogen-bond acceptors (Lipinski definition) is 4. The van der Waals surface area contributed by atoms with E-state index in [2.05, 4.69) is 47.5 Å². The van der Waals surface area contributed by atoms with Crippen LogP contribution in [0.3, 0.4) is 0 Å². The number of rotatable bonds is 9. The van der Waals surface area contributed by atoms with Gasteiger partial charge in [0.1, 0.15) is 11.5 Å². The summed E-state index contributed by atoms with van der Waals surface area (Å²) in [6.45, 7) is 6.46. The molecule has 0 bridgehead atoms. The molecule has 0 amide bonds. The molecular formula is C21H30N4O2. The predicted molar refractivity (Wildman–Crippen MR) is 112 cm³/mol. The summed E-state index contributed by atoms with van der Waals surface area (Å²) in [4.78, 5) is 6.60. The molecule has 2 rings (SSSR count). The fourth-order valence-corrected chi connectivity index (χ4v) is 2.69. The Hall–Kier alpha value is -2.73. The standard InChI is InChI=1S/C21H30N4O2/c1-5-26-18-10-11-20(27-6-2)19(13-18)24-21(22)23-14-16-8-7-9-17(12-16)15-25(3)4/h7-13H,5-6,14-15H2,1-4H3,(H3,22,23,24). The van der Waals surface area contributed by atoms with E-state index in [-0.39, 0.29) is 0 Å². The van der Waals surface area contributed by atoms with E-state index < -0.39 is 0 Å². The Kier molecular flexibility index (Phi) is 7.95. The molecule has 0 radical (unpaired) electrons. The molecule has 146 valence electrons. The van der Waals surface area contributed by atoms with Crippen LogP contribution in [0.5, 0.6) is 11.5 Å². The van der Waals surface area contributed by atoms with Gasteiger partial charge in [0, 0.05) is 12.6 Å². The summed E-state index contributed by atoms with van der Waals surface area (Å²) in [6, 6.07) is 14.0. The SMILES string of the molecule is CCOc1ccc(OCC)c(NC(N)=NCc2cccc(CN(C)C)c2)c1. The summed E-state index contributed by atoms with van der Waals surface area (Å²) >= 11 is 0. The van der Waals surface area contributed by atoms with Gasteiger partial charge in [-0.3, -0.25) is 0 Å². The van der Waals surface area contributed by atoms with E-state index in [0.29, 0.717) is 31.5 Å². The molecule has 0 spiro atoms. The first-order valence-corrected chi connectivity index (χ1v) is 9.21. The molecule has 0 saturated heterocycles. The van der Waals surface area contributed by atoms with Crippen molar-refractivity contribution >= 4 is 11.6 Å². The lowest BCUT2D eigenvalue weighted by atomic mass is 10.1. The Bertz CT molecular complexity index is 760. The minimum absolute atomic E-state index is 0.336. The van der Waals surface area contributed by atoms with Crippen molar-refractivity contribution in [3.05, 3.63) is 53.6 Å². The van der Waals surface area contributed by atoms with Crippen LogP contribution >= 0.6 is 0 Å². The van der Waals surface area contributed by atoms with Crippen LogP contribution in [0.25, 0.3) is 0 Å². The van der Waals surface area contributed by atoms with Gasteiger partial charge in [0.05, 0.1) is 25.4 Å². The lowest BCUT2D eigenvalue weighted by Gasteiger charge is -2.14. The van der Waals surface area contributed by atoms with E-state index in [4.69, 9.17) is 15.2 Å². The molecule has 6 nitrogen and oxygen atoms in total. The van der Waals surface area contributed by atoms with Crippen LogP contribution in [0.4, 0.5) is 5.69 Å². The Morgan fingerprint density at radius 2 is 1.78 bits per heavy atom. The maximum atomic E-state index is 6.10. The number of benzene rings is 2. The first-order chi connectivity index (χ1) is 13.0. The first kappa shape index (κ1) is 20.6. The van der Waals surface area contributed by atoms with Crippen molar-refractivity contribution in [2.45, 2.75) is 26.9 Å². The van der Waals surface area contributed by atoms with Crippen molar-refractivity contribution < 1.29 is 9.47 Å². The number of nitrogens with zero attached hydrogens (tertiary/aromatic N) is 2. The van der Waals surface area contributed by atoms with Gasteiger partial charge in [-0.05, 0) is 51.2 Å². The van der Waals surface area contributed by atoms with Gasteiger partial charge in [-0.1, -0.05) is 24.3 Å². The zero-order valence-electron chi connectivity index (χ0n) is 16.7. The second kappa shape index (κ2) is 10.4. The van der Waals surface area contributed by atoms with E-state index in [1.165, 1.54) is 5.56 Å². The molecule has 3 N–H and O–H groups in total. The van der Waals surface area contributed by atoms with Crippen LogP contribution in [-0.2, 0) is 13.1 Å². The average Bonchev–Trinajstić information content (AvgIpc) is 2.62. The maximum absolute atomic E-state index is 6.10. The van der Waals surface area contributed by atoms with Gasteiger partial charge in [0.25, 0.3) is 0 Å². The smallest absolute Gasteiger partial charge is 0.193 e. The summed E-state index contributed by atoms with van der Waals surface area (Å²) in [5, 5.41) is 3.13. The molecule has 0 aromatic heterocycles. The van der Waals surface area contributed by atoms with Crippen LogP contribution in [-0.4, -0.2) is 38.2 Å². The van der Waals surface area contributed by atoms with E-state index in [1.807, 2.05) is 38.1 Å². The van der Waals surface area contributed by atoms with Gasteiger partial charge >= 0.3 is 0 Å². The molecule has 27 heavy (non-hydrogen) atoms. The van der Waals surface area contributed by atoms with E-state index in [9.17, 15) is 0 Å². The van der Waals surface area contributed by atoms with Gasteiger partial charge in [-0.25, -0.2) is 4.99 Å². The highest BCUT2D eigenvalue weighted by atomic mass is 16.5. The van der Waals surface area contributed by atoms with Crippen molar-refractivity contribution in [2.24, 2.45) is 10.7 Å². The Morgan fingerprint density at radius 3 is 2.48 bits per heavy atom. The lowest BCUT2D eigenvalue weighted by molar-refractivity contribution is 0.332. The number of aliphatic imine (C=N–C) groups is 1. The molecule has 0 heterocycles. The third kappa shape index (κ3) is 6.83. The number of anilines is 1. The molecule has 0 aliphatic carbocycles. The van der Waals surface area contributed by atoms with Crippen molar-refractivity contribution in [2.75, 3.05) is 32.6 Å². The largest absolute Gasteiger partial charge is 0.494 e. The summed E-state index contributed by atoms with van der Waals surface area (Å²) in [5.41, 5.74) is 9.21. The fraction of sp³-hybridized carbons (Fsp3) is 0.381. The highest BCUT2D eigenvalue weighted by molar-refractivity contribution is 5.94. The molecule has 0 fully saturated rings. The second-order valence-electron chi connectivity index (χ2n) is 6.41. The Labute approximate surface area is 162 Å². The molecule has 2 aromatic rings. The van der Waals surface area contributed by atoms with Crippen LogP contribution in [0.15, 0.2) is 47.5 Å². The highest BCUT2D eigenvalue weighted by Gasteiger charge is 2.07. The van der Waals surface area contributed by atoms with Gasteiger partial charge < -0.3 is 25.4 Å². The predicted octanol–water partition coefficient (Wildman–Crippen LogP) is 3.47. The van der Waals surface area contributed by atoms with Crippen LogP contribution in [0.2, 0.25) is 0 Å². The number of nitrogens with one attached hydrogen (secondary N) is 1. The monoisotopic (exact) mass is 370 g/mol. The molecular weight excluding hydrogens is 340 g/mol. The molecule has 2 aromatic carbocycles. The fourth-order valence-electron chi connectivity index (χ4n) is 2.69. The summed E-state index contributed by atoms with van der Waals surface area (Å²) < 4.78 is 11.2. The summed E-state index contributed by atoms with van der Waals surface area (Å²) in [7, 11) is 4.11. The lowest BCUT2D eigenvalue weighted by Crippen LogP contribution is -2.23. The van der Waals surface area contributed by atoms with Crippen LogP contribution in [0, 0.1) is 0 Å². The van der Waals surface area contributed by atoms with Crippen LogP contribution < -0.4 is 20.5 Å². The van der Waals surface area contributed by atoms with Gasteiger partial charge in [-0.2, -0.15) is 0 Å². The minimum atomic E-state index is 0.336. The number of nitrogens with two attached hydrogens (primary N) is 1. The molecule has 0 aliphatic heterocycles. The maximum Gasteiger partial charge on any atom is 0.193 e. The van der Waals surface area contributed by atoms with Crippen molar-refractivity contribution in [3.63, 3.8) is 0 Å². The zero-order chi connectivity index (χ0) is 19.6. The molecule has 0 aliphatic rings.